The minimum absolute atomic E-state index is 0.0312. The van der Waals surface area contributed by atoms with Gasteiger partial charge >= 0.3 is 6.18 Å². The van der Waals surface area contributed by atoms with Crippen molar-refractivity contribution in [3.05, 3.63) is 26.1 Å². The predicted octanol–water partition coefficient (Wildman–Crippen LogP) is 3.34. The number of aromatic nitrogens is 3. The van der Waals surface area contributed by atoms with Gasteiger partial charge in [0.15, 0.2) is 5.69 Å². The number of likely N-dealkylation sites (tertiary alicyclic amines) is 1. The van der Waals surface area contributed by atoms with Crippen molar-refractivity contribution in [2.24, 2.45) is 0 Å². The molecule has 2 aromatic heterocycles. The lowest BCUT2D eigenvalue weighted by molar-refractivity contribution is -0.140. The number of carbonyl (C=O) groups is 1. The average Bonchev–Trinajstić information content (AvgIpc) is 3.15. The molecule has 0 spiro atoms. The van der Waals surface area contributed by atoms with E-state index in [1.54, 1.807) is 11.8 Å². The third-order valence-corrected chi connectivity index (χ3v) is 5.49. The van der Waals surface area contributed by atoms with Crippen molar-refractivity contribution in [1.82, 2.24) is 20.1 Å². The van der Waals surface area contributed by atoms with Crippen LogP contribution in [-0.4, -0.2) is 39.1 Å². The first-order chi connectivity index (χ1) is 10.8. The highest BCUT2D eigenvalue weighted by Gasteiger charge is 2.35. The summed E-state index contributed by atoms with van der Waals surface area (Å²) in [5.41, 5.74) is -0.833. The second-order valence-corrected chi connectivity index (χ2v) is 7.33. The van der Waals surface area contributed by atoms with Gasteiger partial charge in [0.05, 0.1) is 5.01 Å². The van der Waals surface area contributed by atoms with Crippen LogP contribution in [0.2, 0.25) is 0 Å². The molecule has 0 atom stereocenters. The molecule has 0 aromatic carbocycles. The Morgan fingerprint density at radius 3 is 2.52 bits per heavy atom. The van der Waals surface area contributed by atoms with Crippen LogP contribution < -0.4 is 0 Å². The van der Waals surface area contributed by atoms with E-state index in [0.29, 0.717) is 35.9 Å². The van der Waals surface area contributed by atoms with Gasteiger partial charge < -0.3 is 4.90 Å². The Morgan fingerprint density at radius 1 is 1.30 bits per heavy atom. The number of carbonyl (C=O) groups excluding carboxylic acids is 1. The molecule has 1 aliphatic heterocycles. The number of hydrogen-bond acceptors (Lipinski definition) is 6. The summed E-state index contributed by atoms with van der Waals surface area (Å²) in [6, 6.07) is 0. The summed E-state index contributed by atoms with van der Waals surface area (Å²) in [4.78, 5) is 17.6. The van der Waals surface area contributed by atoms with Gasteiger partial charge in [-0.25, -0.2) is 4.98 Å². The molecule has 0 aliphatic carbocycles. The van der Waals surface area contributed by atoms with Crippen LogP contribution >= 0.6 is 22.7 Å². The van der Waals surface area contributed by atoms with Gasteiger partial charge in [0.2, 0.25) is 5.01 Å². The predicted molar refractivity (Wildman–Crippen MR) is 79.6 cm³/mol. The highest BCUT2D eigenvalue weighted by molar-refractivity contribution is 7.13. The fourth-order valence-electron chi connectivity index (χ4n) is 2.45. The van der Waals surface area contributed by atoms with E-state index in [-0.39, 0.29) is 11.8 Å². The molecule has 0 radical (unpaired) electrons. The molecule has 1 fully saturated rings. The SMILES string of the molecule is Cc1nnc(C(=O)N2CCC(c3nc(C(F)(F)F)cs3)CC2)s1. The minimum Gasteiger partial charge on any atom is -0.336 e. The second kappa shape index (κ2) is 6.16. The van der Waals surface area contributed by atoms with Crippen LogP contribution in [0.1, 0.15) is 44.3 Å². The number of hydrogen-bond donors (Lipinski definition) is 0. The van der Waals surface area contributed by atoms with E-state index >= 15 is 0 Å². The quantitative estimate of drug-likeness (QED) is 0.822. The maximum Gasteiger partial charge on any atom is 0.434 e. The van der Waals surface area contributed by atoms with E-state index < -0.39 is 11.9 Å². The van der Waals surface area contributed by atoms with Gasteiger partial charge in [0.25, 0.3) is 5.91 Å². The first-order valence-corrected chi connectivity index (χ1v) is 8.66. The van der Waals surface area contributed by atoms with Crippen LogP contribution in [0.15, 0.2) is 5.38 Å². The monoisotopic (exact) mass is 362 g/mol. The zero-order valence-corrected chi connectivity index (χ0v) is 13.8. The molecule has 3 heterocycles. The highest BCUT2D eigenvalue weighted by Crippen LogP contribution is 2.35. The largest absolute Gasteiger partial charge is 0.434 e. The summed E-state index contributed by atoms with van der Waals surface area (Å²) in [6.07, 6.45) is -3.19. The van der Waals surface area contributed by atoms with Gasteiger partial charge in [-0.3, -0.25) is 4.79 Å². The van der Waals surface area contributed by atoms with Crippen molar-refractivity contribution in [2.45, 2.75) is 31.9 Å². The number of piperidine rings is 1. The van der Waals surface area contributed by atoms with Gasteiger partial charge in [0.1, 0.15) is 5.01 Å². The Labute approximate surface area is 138 Å². The zero-order chi connectivity index (χ0) is 16.6. The first-order valence-electron chi connectivity index (χ1n) is 6.96. The number of halogens is 3. The molecule has 0 unspecified atom stereocenters. The summed E-state index contributed by atoms with van der Waals surface area (Å²) >= 11 is 2.28. The van der Waals surface area contributed by atoms with Crippen molar-refractivity contribution in [1.29, 1.82) is 0 Å². The maximum absolute atomic E-state index is 12.6. The van der Waals surface area contributed by atoms with Crippen molar-refractivity contribution < 1.29 is 18.0 Å². The molecule has 124 valence electrons. The van der Waals surface area contributed by atoms with Crippen molar-refractivity contribution in [3.63, 3.8) is 0 Å². The van der Waals surface area contributed by atoms with Crippen molar-refractivity contribution in [3.8, 4) is 0 Å². The molecule has 0 N–H and O–H groups in total. The smallest absolute Gasteiger partial charge is 0.336 e. The van der Waals surface area contributed by atoms with Gasteiger partial charge in [-0.05, 0) is 19.8 Å². The van der Waals surface area contributed by atoms with E-state index in [1.165, 1.54) is 11.3 Å². The number of thiazole rings is 1. The van der Waals surface area contributed by atoms with Gasteiger partial charge in [-0.15, -0.1) is 21.5 Å². The van der Waals surface area contributed by atoms with E-state index in [9.17, 15) is 18.0 Å². The Bertz CT molecular complexity index is 704. The van der Waals surface area contributed by atoms with Crippen molar-refractivity contribution >= 4 is 28.6 Å². The third-order valence-electron chi connectivity index (χ3n) is 3.65. The number of amides is 1. The van der Waals surface area contributed by atoms with Gasteiger partial charge in [-0.2, -0.15) is 13.2 Å². The average molecular weight is 362 g/mol. The Hall–Kier alpha value is -1.55. The summed E-state index contributed by atoms with van der Waals surface area (Å²) in [5.74, 6) is -0.194. The van der Waals surface area contributed by atoms with Crippen LogP contribution in [0.3, 0.4) is 0 Å². The summed E-state index contributed by atoms with van der Waals surface area (Å²) < 4.78 is 37.8. The molecule has 23 heavy (non-hydrogen) atoms. The fraction of sp³-hybridized carbons (Fsp3) is 0.538. The van der Waals surface area contributed by atoms with Crippen LogP contribution in [0.4, 0.5) is 13.2 Å². The van der Waals surface area contributed by atoms with Gasteiger partial charge in [-0.1, -0.05) is 11.3 Å². The molecule has 5 nitrogen and oxygen atoms in total. The van der Waals surface area contributed by atoms with Crippen LogP contribution in [0.25, 0.3) is 0 Å². The normalized spacial score (nSPS) is 16.8. The molecule has 0 bridgehead atoms. The molecule has 10 heteroatoms. The van der Waals surface area contributed by atoms with Crippen LogP contribution in [0, 0.1) is 6.92 Å². The topological polar surface area (TPSA) is 59.0 Å². The standard InChI is InChI=1S/C13H13F3N4OS2/c1-7-18-19-11(23-7)12(21)20-4-2-8(3-5-20)10-17-9(6-22-10)13(14,15)16/h6,8H,2-5H2,1H3. The highest BCUT2D eigenvalue weighted by atomic mass is 32.1. The van der Waals surface area contributed by atoms with E-state index in [4.69, 9.17) is 0 Å². The molecule has 1 aliphatic rings. The lowest BCUT2D eigenvalue weighted by Crippen LogP contribution is -2.37. The molecule has 3 rings (SSSR count). The Morgan fingerprint density at radius 2 is 2.00 bits per heavy atom. The lowest BCUT2D eigenvalue weighted by Gasteiger charge is -2.30. The third kappa shape index (κ3) is 3.52. The van der Waals surface area contributed by atoms with Crippen LogP contribution in [-0.2, 0) is 6.18 Å². The fourth-order valence-corrected chi connectivity index (χ4v) is 4.11. The van der Waals surface area contributed by atoms with E-state index in [1.807, 2.05) is 0 Å². The minimum atomic E-state index is -4.40. The number of alkyl halides is 3. The Kier molecular flexibility index (Phi) is 4.37. The molecule has 0 saturated carbocycles. The molecule has 1 saturated heterocycles. The van der Waals surface area contributed by atoms with E-state index in [0.717, 1.165) is 21.7 Å². The molecular formula is C13H13F3N4OS2. The molecular weight excluding hydrogens is 349 g/mol. The maximum atomic E-state index is 12.6. The first kappa shape index (κ1) is 16.3. The lowest BCUT2D eigenvalue weighted by atomic mass is 9.97. The Balaban J connectivity index is 1.62. The number of rotatable bonds is 2. The second-order valence-electron chi connectivity index (χ2n) is 5.26. The summed E-state index contributed by atoms with van der Waals surface area (Å²) in [7, 11) is 0. The zero-order valence-electron chi connectivity index (χ0n) is 12.1. The summed E-state index contributed by atoms with van der Waals surface area (Å²) in [6.45, 7) is 2.76. The molecule has 1 amide bonds. The number of aryl methyl sites for hydroxylation is 1. The van der Waals surface area contributed by atoms with Crippen molar-refractivity contribution in [2.75, 3.05) is 13.1 Å². The van der Waals surface area contributed by atoms with Crippen LogP contribution in [0.5, 0.6) is 0 Å². The van der Waals surface area contributed by atoms with E-state index in [2.05, 4.69) is 15.2 Å². The number of nitrogens with zero attached hydrogens (tertiary/aromatic N) is 4. The summed E-state index contributed by atoms with van der Waals surface area (Å²) in [5, 5.41) is 10.3. The van der Waals surface area contributed by atoms with Gasteiger partial charge in [0, 0.05) is 24.4 Å². The molecule has 2 aromatic rings.